The molecule has 19 heavy (non-hydrogen) atoms. The van der Waals surface area contributed by atoms with Crippen molar-refractivity contribution >= 4 is 11.6 Å². The van der Waals surface area contributed by atoms with Gasteiger partial charge in [0.25, 0.3) is 5.91 Å². The Bertz CT molecular complexity index is 558. The van der Waals surface area contributed by atoms with Crippen LogP contribution in [0.4, 0.5) is 5.69 Å². The number of hydrogen-bond donors (Lipinski definition) is 1. The smallest absolute Gasteiger partial charge is 0.273 e. The van der Waals surface area contributed by atoms with Crippen LogP contribution in [0.5, 0.6) is 0 Å². The van der Waals surface area contributed by atoms with E-state index in [9.17, 15) is 4.79 Å². The van der Waals surface area contributed by atoms with Gasteiger partial charge in [0.1, 0.15) is 5.76 Å². The molecule has 0 aliphatic rings. The normalized spacial score (nSPS) is 10.3. The Hall–Kier alpha value is -2.30. The molecule has 2 rings (SSSR count). The van der Waals surface area contributed by atoms with Crippen molar-refractivity contribution in [1.82, 2.24) is 10.5 Å². The fourth-order valence-electron chi connectivity index (χ4n) is 1.66. The zero-order chi connectivity index (χ0) is 13.8. The van der Waals surface area contributed by atoms with Crippen molar-refractivity contribution in [2.45, 2.75) is 13.5 Å². The largest absolute Gasteiger partial charge is 0.378 e. The van der Waals surface area contributed by atoms with E-state index in [1.807, 2.05) is 43.3 Å². The average Bonchev–Trinajstić information content (AvgIpc) is 2.83. The summed E-state index contributed by atoms with van der Waals surface area (Å²) in [5.74, 6) is 0.397. The van der Waals surface area contributed by atoms with Crippen LogP contribution in [0, 0.1) is 6.92 Å². The van der Waals surface area contributed by atoms with Crippen molar-refractivity contribution in [1.29, 1.82) is 0 Å². The number of hydrogen-bond acceptors (Lipinski definition) is 4. The van der Waals surface area contributed by atoms with Gasteiger partial charge < -0.3 is 14.7 Å². The molecule has 5 heteroatoms. The van der Waals surface area contributed by atoms with Crippen LogP contribution in [0.2, 0.25) is 0 Å². The van der Waals surface area contributed by atoms with E-state index in [0.717, 1.165) is 11.3 Å². The molecule has 0 aliphatic carbocycles. The maximum absolute atomic E-state index is 11.8. The molecule has 1 N–H and O–H groups in total. The molecule has 0 bridgehead atoms. The standard InChI is InChI=1S/C14H17N3O2/c1-10-8-13(16-19-10)14(18)15-9-11-4-6-12(7-5-11)17(2)3/h4-8H,9H2,1-3H3,(H,15,18). The quantitative estimate of drug-likeness (QED) is 0.912. The van der Waals surface area contributed by atoms with Gasteiger partial charge in [0.05, 0.1) is 0 Å². The van der Waals surface area contributed by atoms with Gasteiger partial charge in [0.15, 0.2) is 5.69 Å². The highest BCUT2D eigenvalue weighted by Gasteiger charge is 2.10. The van der Waals surface area contributed by atoms with Gasteiger partial charge in [0.2, 0.25) is 0 Å². The van der Waals surface area contributed by atoms with E-state index < -0.39 is 0 Å². The molecule has 1 amide bonds. The Kier molecular flexibility index (Phi) is 3.85. The molecular formula is C14H17N3O2. The number of carbonyl (C=O) groups excluding carboxylic acids is 1. The maximum Gasteiger partial charge on any atom is 0.273 e. The minimum Gasteiger partial charge on any atom is -0.378 e. The average molecular weight is 259 g/mol. The van der Waals surface area contributed by atoms with Gasteiger partial charge in [-0.3, -0.25) is 4.79 Å². The summed E-state index contributed by atoms with van der Waals surface area (Å²) in [6, 6.07) is 9.63. The summed E-state index contributed by atoms with van der Waals surface area (Å²) in [6.07, 6.45) is 0. The number of rotatable bonds is 4. The molecule has 0 atom stereocenters. The molecule has 0 saturated heterocycles. The molecule has 0 aliphatic heterocycles. The Morgan fingerprint density at radius 2 is 2.00 bits per heavy atom. The molecule has 0 fully saturated rings. The number of amides is 1. The van der Waals surface area contributed by atoms with Gasteiger partial charge in [-0.15, -0.1) is 0 Å². The Balaban J connectivity index is 1.93. The van der Waals surface area contributed by atoms with Crippen molar-refractivity contribution in [3.05, 3.63) is 47.3 Å². The molecule has 2 aromatic rings. The van der Waals surface area contributed by atoms with Gasteiger partial charge >= 0.3 is 0 Å². The molecule has 1 aromatic carbocycles. The third kappa shape index (κ3) is 3.34. The molecule has 0 radical (unpaired) electrons. The Morgan fingerprint density at radius 1 is 1.32 bits per heavy atom. The lowest BCUT2D eigenvalue weighted by atomic mass is 10.2. The summed E-state index contributed by atoms with van der Waals surface area (Å²) >= 11 is 0. The van der Waals surface area contributed by atoms with Crippen LogP contribution in [-0.4, -0.2) is 25.2 Å². The number of nitrogens with zero attached hydrogens (tertiary/aromatic N) is 2. The fraction of sp³-hybridized carbons (Fsp3) is 0.286. The summed E-state index contributed by atoms with van der Waals surface area (Å²) < 4.78 is 4.86. The molecule has 1 aromatic heterocycles. The topological polar surface area (TPSA) is 58.4 Å². The second-order valence-corrected chi connectivity index (χ2v) is 4.57. The first-order valence-corrected chi connectivity index (χ1v) is 6.04. The van der Waals surface area contributed by atoms with Gasteiger partial charge in [0, 0.05) is 32.4 Å². The lowest BCUT2D eigenvalue weighted by molar-refractivity contribution is 0.0942. The molecule has 0 unspecified atom stereocenters. The van der Waals surface area contributed by atoms with E-state index >= 15 is 0 Å². The predicted octanol–water partition coefficient (Wildman–Crippen LogP) is 1.98. The monoisotopic (exact) mass is 259 g/mol. The summed E-state index contributed by atoms with van der Waals surface area (Å²) in [5.41, 5.74) is 2.48. The van der Waals surface area contributed by atoms with Crippen LogP contribution in [-0.2, 0) is 6.54 Å². The van der Waals surface area contributed by atoms with E-state index in [-0.39, 0.29) is 5.91 Å². The van der Waals surface area contributed by atoms with Crippen LogP contribution >= 0.6 is 0 Å². The lowest BCUT2D eigenvalue weighted by Crippen LogP contribution is -2.23. The first-order valence-electron chi connectivity index (χ1n) is 6.04. The third-order valence-electron chi connectivity index (χ3n) is 2.77. The van der Waals surface area contributed by atoms with Crippen LogP contribution in [0.3, 0.4) is 0 Å². The van der Waals surface area contributed by atoms with E-state index in [1.165, 1.54) is 0 Å². The molecule has 1 heterocycles. The minimum atomic E-state index is -0.228. The number of aryl methyl sites for hydroxylation is 1. The maximum atomic E-state index is 11.8. The SMILES string of the molecule is Cc1cc(C(=O)NCc2ccc(N(C)C)cc2)no1. The summed E-state index contributed by atoms with van der Waals surface area (Å²) in [5, 5.41) is 6.47. The highest BCUT2D eigenvalue weighted by Crippen LogP contribution is 2.12. The molecular weight excluding hydrogens is 242 g/mol. The zero-order valence-electron chi connectivity index (χ0n) is 11.3. The molecule has 0 saturated carbocycles. The second-order valence-electron chi connectivity index (χ2n) is 4.57. The molecule has 5 nitrogen and oxygen atoms in total. The summed E-state index contributed by atoms with van der Waals surface area (Å²) in [4.78, 5) is 13.8. The fourth-order valence-corrected chi connectivity index (χ4v) is 1.66. The van der Waals surface area contributed by atoms with Crippen molar-refractivity contribution in [2.24, 2.45) is 0 Å². The first kappa shape index (κ1) is 13.1. The second kappa shape index (κ2) is 5.56. The summed E-state index contributed by atoms with van der Waals surface area (Å²) in [6.45, 7) is 2.22. The van der Waals surface area contributed by atoms with Crippen LogP contribution < -0.4 is 10.2 Å². The minimum absolute atomic E-state index is 0.228. The summed E-state index contributed by atoms with van der Waals surface area (Å²) in [7, 11) is 3.98. The van der Waals surface area contributed by atoms with Gasteiger partial charge in [-0.05, 0) is 24.6 Å². The van der Waals surface area contributed by atoms with Gasteiger partial charge in [-0.2, -0.15) is 0 Å². The van der Waals surface area contributed by atoms with E-state index in [2.05, 4.69) is 10.5 Å². The number of nitrogens with one attached hydrogen (secondary N) is 1. The predicted molar refractivity (Wildman–Crippen MR) is 73.2 cm³/mol. The van der Waals surface area contributed by atoms with Crippen molar-refractivity contribution in [3.63, 3.8) is 0 Å². The van der Waals surface area contributed by atoms with Crippen molar-refractivity contribution in [2.75, 3.05) is 19.0 Å². The Labute approximate surface area is 112 Å². The van der Waals surface area contributed by atoms with E-state index in [0.29, 0.717) is 18.0 Å². The molecule has 100 valence electrons. The van der Waals surface area contributed by atoms with E-state index in [1.54, 1.807) is 13.0 Å². The van der Waals surface area contributed by atoms with Gasteiger partial charge in [-0.25, -0.2) is 0 Å². The number of anilines is 1. The molecule has 0 spiro atoms. The Morgan fingerprint density at radius 3 is 2.53 bits per heavy atom. The van der Waals surface area contributed by atoms with Crippen LogP contribution in [0.25, 0.3) is 0 Å². The number of carbonyl (C=O) groups is 1. The first-order chi connectivity index (χ1) is 9.06. The number of aromatic nitrogens is 1. The third-order valence-corrected chi connectivity index (χ3v) is 2.77. The van der Waals surface area contributed by atoms with Gasteiger partial charge in [-0.1, -0.05) is 17.3 Å². The van der Waals surface area contributed by atoms with Crippen molar-refractivity contribution < 1.29 is 9.32 Å². The zero-order valence-corrected chi connectivity index (χ0v) is 11.3. The van der Waals surface area contributed by atoms with Crippen LogP contribution in [0.1, 0.15) is 21.8 Å². The lowest BCUT2D eigenvalue weighted by Gasteiger charge is -2.12. The highest BCUT2D eigenvalue weighted by molar-refractivity contribution is 5.92. The highest BCUT2D eigenvalue weighted by atomic mass is 16.5. The van der Waals surface area contributed by atoms with Crippen molar-refractivity contribution in [3.8, 4) is 0 Å². The van der Waals surface area contributed by atoms with E-state index in [4.69, 9.17) is 4.52 Å². The van der Waals surface area contributed by atoms with Crippen LogP contribution in [0.15, 0.2) is 34.9 Å². The number of benzene rings is 1.